The van der Waals surface area contributed by atoms with Crippen LogP contribution < -0.4 is 5.73 Å². The molecule has 1 atom stereocenters. The molecule has 1 rings (SSSR count). The van der Waals surface area contributed by atoms with E-state index in [2.05, 4.69) is 10.3 Å². The largest absolute Gasteiger partial charge is 0.476 e. The number of hydrogen-bond donors (Lipinski definition) is 3. The van der Waals surface area contributed by atoms with E-state index >= 15 is 0 Å². The highest BCUT2D eigenvalue weighted by atomic mass is 16.4. The Balaban J connectivity index is 3.02. The van der Waals surface area contributed by atoms with Crippen molar-refractivity contribution in [2.75, 3.05) is 0 Å². The highest BCUT2D eigenvalue weighted by Gasteiger charge is 2.24. The molecule has 7 heteroatoms. The quantitative estimate of drug-likeness (QED) is 0.631. The molecule has 0 fully saturated rings. The molecular formula is C9H16N4O3. The van der Waals surface area contributed by atoms with Crippen molar-refractivity contribution < 1.29 is 15.0 Å². The number of aromatic nitrogens is 3. The predicted octanol–water partition coefficient (Wildman–Crippen LogP) is -0.404. The topological polar surface area (TPSA) is 114 Å². The maximum atomic E-state index is 10.8. The monoisotopic (exact) mass is 228 g/mol. The number of carboxylic acids is 1. The van der Waals surface area contributed by atoms with E-state index in [-0.39, 0.29) is 18.8 Å². The second kappa shape index (κ2) is 4.58. The lowest BCUT2D eigenvalue weighted by atomic mass is 10.0. The van der Waals surface area contributed by atoms with Crippen molar-refractivity contribution >= 4 is 5.97 Å². The Hall–Kier alpha value is -1.47. The van der Waals surface area contributed by atoms with E-state index in [9.17, 15) is 9.90 Å². The number of carbonyl (C=O) groups is 1. The molecule has 1 unspecified atom stereocenters. The Kier molecular flexibility index (Phi) is 3.61. The molecule has 1 aromatic rings. The Morgan fingerprint density at radius 2 is 2.25 bits per heavy atom. The fourth-order valence-corrected chi connectivity index (χ4v) is 1.26. The van der Waals surface area contributed by atoms with E-state index in [1.165, 1.54) is 4.68 Å². The van der Waals surface area contributed by atoms with Crippen LogP contribution in [0.2, 0.25) is 0 Å². The molecule has 0 aliphatic carbocycles. The minimum Gasteiger partial charge on any atom is -0.476 e. The Labute approximate surface area is 92.9 Å². The summed E-state index contributed by atoms with van der Waals surface area (Å²) in [6.07, 6.45) is 0.527. The van der Waals surface area contributed by atoms with Gasteiger partial charge in [0.1, 0.15) is 0 Å². The van der Waals surface area contributed by atoms with Gasteiger partial charge in [0, 0.05) is 6.54 Å². The maximum absolute atomic E-state index is 10.8. The maximum Gasteiger partial charge on any atom is 0.358 e. The van der Waals surface area contributed by atoms with Crippen molar-refractivity contribution in [2.24, 2.45) is 5.73 Å². The van der Waals surface area contributed by atoms with Crippen molar-refractivity contribution in [2.45, 2.75) is 39.0 Å². The first-order chi connectivity index (χ1) is 7.41. The highest BCUT2D eigenvalue weighted by molar-refractivity contribution is 5.86. The SMILES string of the molecule is CCC(C)(O)Cn1nnc(C(=O)O)c1CN. The molecule has 0 radical (unpaired) electrons. The summed E-state index contributed by atoms with van der Waals surface area (Å²) >= 11 is 0. The summed E-state index contributed by atoms with van der Waals surface area (Å²) in [6, 6.07) is 0. The van der Waals surface area contributed by atoms with Crippen molar-refractivity contribution in [3.8, 4) is 0 Å². The number of aromatic carboxylic acids is 1. The molecule has 0 amide bonds. The van der Waals surface area contributed by atoms with Gasteiger partial charge in [0.2, 0.25) is 0 Å². The zero-order chi connectivity index (χ0) is 12.3. The number of aliphatic hydroxyl groups is 1. The van der Waals surface area contributed by atoms with Gasteiger partial charge in [0.05, 0.1) is 17.8 Å². The van der Waals surface area contributed by atoms with Gasteiger partial charge >= 0.3 is 5.97 Å². The molecule has 4 N–H and O–H groups in total. The van der Waals surface area contributed by atoms with Crippen LogP contribution >= 0.6 is 0 Å². The van der Waals surface area contributed by atoms with Crippen LogP contribution in [0.4, 0.5) is 0 Å². The summed E-state index contributed by atoms with van der Waals surface area (Å²) < 4.78 is 1.34. The number of carboxylic acid groups (broad SMARTS) is 1. The molecule has 0 saturated carbocycles. The second-order valence-corrected chi connectivity index (χ2v) is 3.90. The normalized spacial score (nSPS) is 14.8. The van der Waals surface area contributed by atoms with Gasteiger partial charge in [-0.2, -0.15) is 0 Å². The zero-order valence-electron chi connectivity index (χ0n) is 9.34. The van der Waals surface area contributed by atoms with Crippen LogP contribution in [0.1, 0.15) is 36.5 Å². The molecule has 16 heavy (non-hydrogen) atoms. The van der Waals surface area contributed by atoms with Crippen LogP contribution in [0.15, 0.2) is 0 Å². The number of nitrogens with zero attached hydrogens (tertiary/aromatic N) is 3. The van der Waals surface area contributed by atoms with Crippen LogP contribution in [-0.4, -0.2) is 36.8 Å². The number of hydrogen-bond acceptors (Lipinski definition) is 5. The van der Waals surface area contributed by atoms with Gasteiger partial charge in [-0.3, -0.25) is 0 Å². The van der Waals surface area contributed by atoms with Crippen molar-refractivity contribution in [3.05, 3.63) is 11.4 Å². The zero-order valence-corrected chi connectivity index (χ0v) is 9.34. The van der Waals surface area contributed by atoms with E-state index in [1.54, 1.807) is 6.92 Å². The smallest absolute Gasteiger partial charge is 0.358 e. The average molecular weight is 228 g/mol. The first-order valence-corrected chi connectivity index (χ1v) is 4.99. The first kappa shape index (κ1) is 12.6. The number of nitrogens with two attached hydrogens (primary N) is 1. The third kappa shape index (κ3) is 2.56. The van der Waals surface area contributed by atoms with Crippen LogP contribution in [0.3, 0.4) is 0 Å². The summed E-state index contributed by atoms with van der Waals surface area (Å²) in [4.78, 5) is 10.8. The molecule has 1 aromatic heterocycles. The fourth-order valence-electron chi connectivity index (χ4n) is 1.26. The van der Waals surface area contributed by atoms with Crippen molar-refractivity contribution in [1.29, 1.82) is 0 Å². The molecule has 0 aliphatic rings. The summed E-state index contributed by atoms with van der Waals surface area (Å²) in [5, 5.41) is 25.9. The van der Waals surface area contributed by atoms with Gasteiger partial charge in [0.25, 0.3) is 0 Å². The highest BCUT2D eigenvalue weighted by Crippen LogP contribution is 2.14. The third-order valence-corrected chi connectivity index (χ3v) is 2.49. The van der Waals surface area contributed by atoms with E-state index in [1.807, 2.05) is 6.92 Å². The molecular weight excluding hydrogens is 212 g/mol. The van der Waals surface area contributed by atoms with Gasteiger partial charge in [-0.25, -0.2) is 9.48 Å². The molecule has 0 bridgehead atoms. The molecule has 7 nitrogen and oxygen atoms in total. The summed E-state index contributed by atoms with van der Waals surface area (Å²) in [7, 11) is 0. The Morgan fingerprint density at radius 3 is 2.69 bits per heavy atom. The molecule has 0 spiro atoms. The van der Waals surface area contributed by atoms with Gasteiger partial charge in [-0.15, -0.1) is 5.10 Å². The minimum atomic E-state index is -1.16. The summed E-state index contributed by atoms with van der Waals surface area (Å²) in [6.45, 7) is 3.68. The van der Waals surface area contributed by atoms with Gasteiger partial charge in [0.15, 0.2) is 5.69 Å². The van der Waals surface area contributed by atoms with Crippen molar-refractivity contribution in [3.63, 3.8) is 0 Å². The van der Waals surface area contributed by atoms with E-state index < -0.39 is 11.6 Å². The molecule has 90 valence electrons. The lowest BCUT2D eigenvalue weighted by Crippen LogP contribution is -2.31. The first-order valence-electron chi connectivity index (χ1n) is 4.99. The Morgan fingerprint density at radius 1 is 1.62 bits per heavy atom. The van der Waals surface area contributed by atoms with Gasteiger partial charge in [-0.05, 0) is 13.3 Å². The molecule has 1 heterocycles. The third-order valence-electron chi connectivity index (χ3n) is 2.49. The van der Waals surface area contributed by atoms with Crippen LogP contribution in [0, 0.1) is 0 Å². The molecule has 0 aliphatic heterocycles. The van der Waals surface area contributed by atoms with E-state index in [4.69, 9.17) is 10.8 Å². The predicted molar refractivity (Wildman–Crippen MR) is 55.8 cm³/mol. The molecule has 0 aromatic carbocycles. The van der Waals surface area contributed by atoms with Crippen LogP contribution in [0.25, 0.3) is 0 Å². The number of rotatable bonds is 5. The van der Waals surface area contributed by atoms with Gasteiger partial charge < -0.3 is 15.9 Å². The lowest BCUT2D eigenvalue weighted by Gasteiger charge is -2.21. The summed E-state index contributed by atoms with van der Waals surface area (Å²) in [5.74, 6) is -1.16. The van der Waals surface area contributed by atoms with Crippen molar-refractivity contribution in [1.82, 2.24) is 15.0 Å². The fraction of sp³-hybridized carbons (Fsp3) is 0.667. The van der Waals surface area contributed by atoms with E-state index in [0.29, 0.717) is 12.1 Å². The average Bonchev–Trinajstić information content (AvgIpc) is 2.60. The van der Waals surface area contributed by atoms with E-state index in [0.717, 1.165) is 0 Å². The Bertz CT molecular complexity index is 386. The van der Waals surface area contributed by atoms with Gasteiger partial charge in [-0.1, -0.05) is 12.1 Å². The van der Waals surface area contributed by atoms with Crippen LogP contribution in [-0.2, 0) is 13.1 Å². The summed E-state index contributed by atoms with van der Waals surface area (Å²) in [5.41, 5.74) is 4.66. The minimum absolute atomic E-state index is 0.0222. The lowest BCUT2D eigenvalue weighted by molar-refractivity contribution is 0.0330. The molecule has 0 saturated heterocycles. The van der Waals surface area contributed by atoms with Crippen LogP contribution in [0.5, 0.6) is 0 Å². The second-order valence-electron chi connectivity index (χ2n) is 3.90. The standard InChI is InChI=1S/C9H16N4O3/c1-3-9(2,16)5-13-6(4-10)7(8(14)15)11-12-13/h16H,3-5,10H2,1-2H3,(H,14,15).